The summed E-state index contributed by atoms with van der Waals surface area (Å²) < 4.78 is 24.3. The average Bonchev–Trinajstić information content (AvgIpc) is 2.57. The minimum Gasteiger partial charge on any atom is -0.463 e. The van der Waals surface area contributed by atoms with Gasteiger partial charge in [0.05, 0.1) is 6.61 Å². The van der Waals surface area contributed by atoms with Gasteiger partial charge in [0.15, 0.2) is 23.5 Å². The number of carbonyl (C=O) groups is 1. The predicted molar refractivity (Wildman–Crippen MR) is 114 cm³/mol. The monoisotopic (exact) mass is 422 g/mol. The van der Waals surface area contributed by atoms with Gasteiger partial charge in [-0.3, -0.25) is 0 Å². The standard InChI is InChI=1S/C16H38O5Si4/c1-12-15(14-21-16(17)13-2)25(22(6,7)18-3,23(8,9)19-4)24(10,11)20-5/h13,15H,2,12,14H2,1,3-11H3. The fraction of sp³-hybridized carbons (Fsp3) is 0.812. The molecule has 1 unspecified atom stereocenters. The molecule has 0 aliphatic carbocycles. The molecule has 0 saturated heterocycles. The van der Waals surface area contributed by atoms with E-state index in [1.807, 2.05) is 21.3 Å². The molecule has 0 aliphatic heterocycles. The van der Waals surface area contributed by atoms with Crippen LogP contribution in [0.3, 0.4) is 0 Å². The van der Waals surface area contributed by atoms with E-state index in [9.17, 15) is 4.79 Å². The van der Waals surface area contributed by atoms with Crippen molar-refractivity contribution in [2.75, 3.05) is 27.9 Å². The largest absolute Gasteiger partial charge is 0.463 e. The van der Waals surface area contributed by atoms with Gasteiger partial charge < -0.3 is 18.0 Å². The molecule has 0 heterocycles. The van der Waals surface area contributed by atoms with E-state index in [4.69, 9.17) is 18.0 Å². The zero-order chi connectivity index (χ0) is 20.1. The van der Waals surface area contributed by atoms with Gasteiger partial charge in [-0.25, -0.2) is 4.79 Å². The minimum atomic E-state index is -2.25. The van der Waals surface area contributed by atoms with Crippen molar-refractivity contribution in [1.29, 1.82) is 0 Å². The lowest BCUT2D eigenvalue weighted by Gasteiger charge is -2.59. The normalized spacial score (nSPS) is 15.0. The highest BCUT2D eigenvalue weighted by Crippen LogP contribution is 2.47. The van der Waals surface area contributed by atoms with Crippen molar-refractivity contribution in [1.82, 2.24) is 0 Å². The molecule has 0 bridgehead atoms. The first-order chi connectivity index (χ1) is 11.3. The smallest absolute Gasteiger partial charge is 0.330 e. The second kappa shape index (κ2) is 9.24. The Morgan fingerprint density at radius 1 is 0.920 bits per heavy atom. The summed E-state index contributed by atoms with van der Waals surface area (Å²) in [6.07, 6.45) is 2.16. The Morgan fingerprint density at radius 2 is 1.28 bits per heavy atom. The quantitative estimate of drug-likeness (QED) is 0.288. The molecule has 0 saturated carbocycles. The highest BCUT2D eigenvalue weighted by Gasteiger charge is 2.73. The van der Waals surface area contributed by atoms with Crippen molar-refractivity contribution in [3.8, 4) is 0 Å². The fourth-order valence-corrected chi connectivity index (χ4v) is 86.2. The Morgan fingerprint density at radius 3 is 1.52 bits per heavy atom. The molecule has 0 radical (unpaired) electrons. The molecule has 1 atom stereocenters. The fourth-order valence-electron chi connectivity index (χ4n) is 4.92. The SMILES string of the molecule is C=CC(=O)OCC(CC)[Si]([Si](C)(C)OC)([Si](C)(C)OC)[Si](C)(C)OC. The van der Waals surface area contributed by atoms with E-state index in [-0.39, 0.29) is 11.5 Å². The van der Waals surface area contributed by atoms with Crippen LogP contribution in [-0.4, -0.2) is 64.0 Å². The second-order valence-electron chi connectivity index (χ2n) is 7.89. The summed E-state index contributed by atoms with van der Waals surface area (Å²) in [6.45, 7) is 17.7. The lowest BCUT2D eigenvalue weighted by atomic mass is 10.3. The van der Waals surface area contributed by atoms with Crippen LogP contribution in [0.4, 0.5) is 0 Å². The second-order valence-corrected chi connectivity index (χ2v) is 43.0. The van der Waals surface area contributed by atoms with E-state index in [2.05, 4.69) is 52.8 Å². The summed E-state index contributed by atoms with van der Waals surface area (Å²) in [6, 6.07) is 0. The van der Waals surface area contributed by atoms with Crippen LogP contribution in [-0.2, 0) is 22.8 Å². The Kier molecular flexibility index (Phi) is 9.23. The Bertz CT molecular complexity index is 425. The molecule has 5 nitrogen and oxygen atoms in total. The van der Waals surface area contributed by atoms with Crippen LogP contribution in [0, 0.1) is 0 Å². The summed E-state index contributed by atoms with van der Waals surface area (Å²) in [4.78, 5) is 11.7. The van der Waals surface area contributed by atoms with Crippen LogP contribution in [0.1, 0.15) is 13.3 Å². The summed E-state index contributed by atoms with van der Waals surface area (Å²) in [5.74, 6) is -0.369. The van der Waals surface area contributed by atoms with Crippen LogP contribution in [0.2, 0.25) is 44.8 Å². The van der Waals surface area contributed by atoms with E-state index in [0.29, 0.717) is 6.61 Å². The van der Waals surface area contributed by atoms with Crippen molar-refractivity contribution < 1.29 is 22.8 Å². The highest BCUT2D eigenvalue weighted by molar-refractivity contribution is 7.87. The number of rotatable bonds is 11. The molecule has 9 heteroatoms. The van der Waals surface area contributed by atoms with E-state index >= 15 is 0 Å². The summed E-state index contributed by atoms with van der Waals surface area (Å²) in [5.41, 5.74) is 0.251. The molecule has 148 valence electrons. The number of ether oxygens (including phenoxy) is 1. The zero-order valence-corrected chi connectivity index (χ0v) is 21.8. The Hall–Kier alpha value is -0.0425. The van der Waals surface area contributed by atoms with Crippen LogP contribution in [0.15, 0.2) is 12.7 Å². The molecule has 0 aromatic heterocycles. The summed E-state index contributed by atoms with van der Waals surface area (Å²) in [5, 5.41) is 0. The van der Waals surface area contributed by atoms with Crippen LogP contribution < -0.4 is 0 Å². The number of hydrogen-bond donors (Lipinski definition) is 0. The van der Waals surface area contributed by atoms with E-state index in [1.165, 1.54) is 6.08 Å². The van der Waals surface area contributed by atoms with Gasteiger partial charge in [0.1, 0.15) is 6.63 Å². The number of esters is 1. The lowest BCUT2D eigenvalue weighted by molar-refractivity contribution is -0.137. The van der Waals surface area contributed by atoms with Gasteiger partial charge in [0.2, 0.25) is 0 Å². The van der Waals surface area contributed by atoms with Crippen molar-refractivity contribution in [3.05, 3.63) is 12.7 Å². The van der Waals surface area contributed by atoms with Gasteiger partial charge in [-0.1, -0.05) is 19.9 Å². The Balaban J connectivity index is 6.62. The minimum absolute atomic E-state index is 0.251. The van der Waals surface area contributed by atoms with E-state index in [1.54, 1.807) is 0 Å². The molecule has 0 aliphatic rings. The number of hydrogen-bond acceptors (Lipinski definition) is 5. The van der Waals surface area contributed by atoms with Crippen LogP contribution in [0.5, 0.6) is 0 Å². The predicted octanol–water partition coefficient (Wildman–Crippen LogP) is 3.73. The van der Waals surface area contributed by atoms with E-state index in [0.717, 1.165) is 6.42 Å². The van der Waals surface area contributed by atoms with Gasteiger partial charge in [0, 0.05) is 27.4 Å². The molecule has 0 amide bonds. The first-order valence-corrected chi connectivity index (χ1v) is 22.6. The molecule has 0 N–H and O–H groups in total. The third-order valence-electron chi connectivity index (χ3n) is 6.08. The van der Waals surface area contributed by atoms with Crippen molar-refractivity contribution in [2.45, 2.75) is 58.2 Å². The summed E-state index contributed by atoms with van der Waals surface area (Å²) >= 11 is 0. The third kappa shape index (κ3) is 4.45. The molecular formula is C16H38O5Si4. The van der Waals surface area contributed by atoms with Gasteiger partial charge in [-0.2, -0.15) is 0 Å². The molecule has 0 spiro atoms. The third-order valence-corrected chi connectivity index (χ3v) is 71.8. The van der Waals surface area contributed by atoms with Gasteiger partial charge in [-0.05, 0) is 44.8 Å². The number of carbonyl (C=O) groups excluding carboxylic acids is 1. The van der Waals surface area contributed by atoms with Crippen LogP contribution in [0.25, 0.3) is 0 Å². The topological polar surface area (TPSA) is 54.0 Å². The highest BCUT2D eigenvalue weighted by atomic mass is 29.9. The summed E-state index contributed by atoms with van der Waals surface area (Å²) in [7, 11) is -0.932. The van der Waals surface area contributed by atoms with Crippen molar-refractivity contribution >= 4 is 36.1 Å². The molecule has 0 aromatic carbocycles. The first kappa shape index (κ1) is 25.0. The molecular weight excluding hydrogens is 385 g/mol. The lowest BCUT2D eigenvalue weighted by Crippen LogP contribution is -2.88. The van der Waals surface area contributed by atoms with Gasteiger partial charge in [-0.15, -0.1) is 0 Å². The maximum absolute atomic E-state index is 11.7. The average molecular weight is 423 g/mol. The molecule has 25 heavy (non-hydrogen) atoms. The van der Waals surface area contributed by atoms with Crippen molar-refractivity contribution in [2.24, 2.45) is 0 Å². The van der Waals surface area contributed by atoms with Crippen LogP contribution >= 0.6 is 0 Å². The molecule has 0 fully saturated rings. The van der Waals surface area contributed by atoms with E-state index < -0.39 is 30.1 Å². The maximum atomic E-state index is 11.7. The molecule has 0 aromatic rings. The first-order valence-electron chi connectivity index (χ1n) is 8.79. The zero-order valence-electron chi connectivity index (χ0n) is 17.8. The van der Waals surface area contributed by atoms with Gasteiger partial charge >= 0.3 is 5.97 Å². The molecule has 0 rings (SSSR count). The van der Waals surface area contributed by atoms with Crippen molar-refractivity contribution in [3.63, 3.8) is 0 Å². The maximum Gasteiger partial charge on any atom is 0.330 e. The van der Waals surface area contributed by atoms with Gasteiger partial charge in [0.25, 0.3) is 0 Å². The Labute approximate surface area is 157 Å².